The van der Waals surface area contributed by atoms with Crippen molar-refractivity contribution in [1.82, 2.24) is 0 Å². The van der Waals surface area contributed by atoms with Gasteiger partial charge in [0.05, 0.1) is 17.2 Å². The quantitative estimate of drug-likeness (QED) is 0.458. The zero-order valence-electron chi connectivity index (χ0n) is 16.2. The summed E-state index contributed by atoms with van der Waals surface area (Å²) in [5, 5.41) is 11.8. The van der Waals surface area contributed by atoms with Gasteiger partial charge >= 0.3 is 0 Å². The summed E-state index contributed by atoms with van der Waals surface area (Å²) in [5.74, 6) is 0.530. The minimum absolute atomic E-state index is 0.530. The summed E-state index contributed by atoms with van der Waals surface area (Å²) in [6.07, 6.45) is 2.99. The van der Waals surface area contributed by atoms with Crippen LogP contribution in [-0.2, 0) is 13.5 Å². The molecular weight excluding hydrogens is 332 g/mol. The van der Waals surface area contributed by atoms with Crippen molar-refractivity contribution in [1.29, 1.82) is 5.26 Å². The molecule has 2 aromatic heterocycles. The number of nitrogens with zero attached hydrogens (tertiary/aromatic N) is 2. The lowest BCUT2D eigenvalue weighted by Crippen LogP contribution is -2.30. The summed E-state index contributed by atoms with van der Waals surface area (Å²) >= 11 is 0. The average Bonchev–Trinajstić information content (AvgIpc) is 3.02. The Balaban J connectivity index is 2.18. The van der Waals surface area contributed by atoms with Crippen LogP contribution in [0, 0.1) is 24.2 Å². The van der Waals surface area contributed by atoms with Crippen molar-refractivity contribution in [3.63, 3.8) is 0 Å². The molecule has 0 saturated carbocycles. The van der Waals surface area contributed by atoms with Crippen LogP contribution in [0.2, 0.25) is 0 Å². The van der Waals surface area contributed by atoms with Gasteiger partial charge in [0, 0.05) is 22.9 Å². The Labute approximate surface area is 159 Å². The second-order valence-corrected chi connectivity index (χ2v) is 7.62. The minimum Gasteiger partial charge on any atom is -0.455 e. The average molecular weight is 355 g/mol. The summed E-state index contributed by atoms with van der Waals surface area (Å²) in [7, 11) is 2.03. The van der Waals surface area contributed by atoms with Crippen molar-refractivity contribution in [2.24, 2.45) is 13.0 Å². The van der Waals surface area contributed by atoms with E-state index >= 15 is 0 Å². The molecule has 0 fully saturated rings. The minimum atomic E-state index is 0.530. The third-order valence-electron chi connectivity index (χ3n) is 5.11. The number of hydrogen-bond acceptors (Lipinski definition) is 2. The van der Waals surface area contributed by atoms with Crippen LogP contribution in [0.5, 0.6) is 0 Å². The van der Waals surface area contributed by atoms with E-state index < -0.39 is 0 Å². The molecule has 0 amide bonds. The van der Waals surface area contributed by atoms with Gasteiger partial charge in [-0.3, -0.25) is 0 Å². The predicted molar refractivity (Wildman–Crippen MR) is 108 cm³/mol. The number of pyridine rings is 1. The smallest absolute Gasteiger partial charge is 0.216 e. The Kier molecular flexibility index (Phi) is 4.20. The molecule has 4 aromatic rings. The lowest BCUT2D eigenvalue weighted by atomic mass is 9.93. The van der Waals surface area contributed by atoms with E-state index in [-0.39, 0.29) is 0 Å². The second kappa shape index (κ2) is 6.55. The number of furan rings is 1. The number of rotatable bonds is 3. The van der Waals surface area contributed by atoms with Gasteiger partial charge in [0.2, 0.25) is 5.69 Å². The molecule has 3 nitrogen and oxygen atoms in total. The molecule has 0 spiro atoms. The topological polar surface area (TPSA) is 40.8 Å². The zero-order valence-corrected chi connectivity index (χ0v) is 16.2. The largest absolute Gasteiger partial charge is 0.455 e. The third kappa shape index (κ3) is 2.78. The highest BCUT2D eigenvalue weighted by atomic mass is 16.3. The first kappa shape index (κ1) is 17.3. The highest BCUT2D eigenvalue weighted by molar-refractivity contribution is 6.13. The van der Waals surface area contributed by atoms with Gasteiger partial charge in [-0.1, -0.05) is 26.0 Å². The number of aryl methyl sites for hydroxylation is 2. The molecule has 134 valence electrons. The van der Waals surface area contributed by atoms with Crippen molar-refractivity contribution in [3.8, 4) is 17.3 Å². The molecule has 0 radical (unpaired) electrons. The van der Waals surface area contributed by atoms with Crippen LogP contribution in [0.1, 0.15) is 30.5 Å². The monoisotopic (exact) mass is 355 g/mol. The van der Waals surface area contributed by atoms with Crippen LogP contribution < -0.4 is 4.57 Å². The highest BCUT2D eigenvalue weighted by Crippen LogP contribution is 2.40. The first-order valence-electron chi connectivity index (χ1n) is 9.34. The number of fused-ring (bicyclic) bond motifs is 3. The maximum absolute atomic E-state index is 9.83. The number of hydrogen-bond donors (Lipinski definition) is 0. The molecule has 0 N–H and O–H groups in total. The molecule has 0 atom stereocenters. The van der Waals surface area contributed by atoms with E-state index in [9.17, 15) is 5.26 Å². The van der Waals surface area contributed by atoms with E-state index in [1.807, 2.05) is 50.5 Å². The van der Waals surface area contributed by atoms with E-state index in [1.54, 1.807) is 0 Å². The molecule has 27 heavy (non-hydrogen) atoms. The summed E-state index contributed by atoms with van der Waals surface area (Å²) in [4.78, 5) is 0. The number of benzene rings is 2. The molecule has 0 saturated heterocycles. The number of aromatic nitrogens is 1. The van der Waals surface area contributed by atoms with E-state index in [0.717, 1.165) is 45.2 Å². The standard InChI is InChI=1S/C24H23N2O/c1-15(2)12-17-8-7-10-20-22(17)23-18(14-25)13-16(3)21(24(23)27-20)19-9-5-6-11-26(19)4/h5-11,13,15H,12H2,1-4H3/q+1. The predicted octanol–water partition coefficient (Wildman–Crippen LogP) is 5.46. The third-order valence-corrected chi connectivity index (χ3v) is 5.11. The SMILES string of the molecule is Cc1cc(C#N)c2c(oc3cccc(CC(C)C)c32)c1-c1cccc[n+]1C. The molecule has 0 bridgehead atoms. The van der Waals surface area contributed by atoms with Gasteiger partial charge in [-0.25, -0.2) is 4.57 Å². The Morgan fingerprint density at radius 1 is 1.11 bits per heavy atom. The van der Waals surface area contributed by atoms with Crippen molar-refractivity contribution >= 4 is 21.9 Å². The van der Waals surface area contributed by atoms with Gasteiger partial charge in [-0.05, 0) is 48.6 Å². The summed E-state index contributed by atoms with van der Waals surface area (Å²) < 4.78 is 8.47. The van der Waals surface area contributed by atoms with E-state index in [1.165, 1.54) is 5.56 Å². The lowest BCUT2D eigenvalue weighted by Gasteiger charge is -2.08. The van der Waals surface area contributed by atoms with Gasteiger partial charge < -0.3 is 4.42 Å². The van der Waals surface area contributed by atoms with Gasteiger partial charge in [0.15, 0.2) is 11.8 Å². The molecule has 0 aliphatic rings. The molecule has 3 heteroatoms. The molecular formula is C24H23N2O+. The van der Waals surface area contributed by atoms with Gasteiger partial charge in [-0.15, -0.1) is 0 Å². The fourth-order valence-electron chi connectivity index (χ4n) is 3.99. The summed E-state index contributed by atoms with van der Waals surface area (Å²) in [6.45, 7) is 6.47. The normalized spacial score (nSPS) is 11.4. The molecule has 0 unspecified atom stereocenters. The Morgan fingerprint density at radius 3 is 2.63 bits per heavy atom. The lowest BCUT2D eigenvalue weighted by molar-refractivity contribution is -0.660. The van der Waals surface area contributed by atoms with Gasteiger partial charge in [0.1, 0.15) is 12.6 Å². The second-order valence-electron chi connectivity index (χ2n) is 7.62. The summed E-state index contributed by atoms with van der Waals surface area (Å²) in [5.41, 5.74) is 6.76. The molecule has 2 heterocycles. The molecule has 4 rings (SSSR count). The maximum Gasteiger partial charge on any atom is 0.216 e. The van der Waals surface area contributed by atoms with Crippen LogP contribution in [0.25, 0.3) is 33.2 Å². The van der Waals surface area contributed by atoms with Crippen LogP contribution in [0.4, 0.5) is 0 Å². The van der Waals surface area contributed by atoms with Crippen LogP contribution >= 0.6 is 0 Å². The van der Waals surface area contributed by atoms with Crippen molar-refractivity contribution in [2.45, 2.75) is 27.2 Å². The van der Waals surface area contributed by atoms with E-state index in [2.05, 4.69) is 36.6 Å². The fraction of sp³-hybridized carbons (Fsp3) is 0.250. The van der Waals surface area contributed by atoms with Crippen molar-refractivity contribution in [2.75, 3.05) is 0 Å². The Morgan fingerprint density at radius 2 is 1.93 bits per heavy atom. The summed E-state index contributed by atoms with van der Waals surface area (Å²) in [6, 6.07) is 16.7. The van der Waals surface area contributed by atoms with Crippen molar-refractivity contribution in [3.05, 3.63) is 65.4 Å². The van der Waals surface area contributed by atoms with E-state index in [4.69, 9.17) is 4.42 Å². The first-order valence-corrected chi connectivity index (χ1v) is 9.34. The maximum atomic E-state index is 9.83. The highest BCUT2D eigenvalue weighted by Gasteiger charge is 2.24. The van der Waals surface area contributed by atoms with Crippen LogP contribution in [0.3, 0.4) is 0 Å². The van der Waals surface area contributed by atoms with Gasteiger partial charge in [-0.2, -0.15) is 5.26 Å². The van der Waals surface area contributed by atoms with Gasteiger partial charge in [0.25, 0.3) is 0 Å². The molecule has 0 aliphatic heterocycles. The molecule has 0 aliphatic carbocycles. The fourth-order valence-corrected chi connectivity index (χ4v) is 3.99. The van der Waals surface area contributed by atoms with E-state index in [0.29, 0.717) is 11.5 Å². The Hall–Kier alpha value is -3.12. The Bertz CT molecular complexity index is 1210. The van der Waals surface area contributed by atoms with Crippen LogP contribution in [-0.4, -0.2) is 0 Å². The number of nitriles is 1. The molecule has 2 aromatic carbocycles. The van der Waals surface area contributed by atoms with Crippen LogP contribution in [0.15, 0.2) is 53.1 Å². The van der Waals surface area contributed by atoms with Crippen molar-refractivity contribution < 1.29 is 8.98 Å². The first-order chi connectivity index (χ1) is 13.0. The zero-order chi connectivity index (χ0) is 19.1.